The van der Waals surface area contributed by atoms with Gasteiger partial charge in [0.1, 0.15) is 11.5 Å². The van der Waals surface area contributed by atoms with Crippen LogP contribution in [0.15, 0.2) is 24.3 Å². The number of fused-ring (bicyclic) bond motifs is 4. The number of ether oxygens (including phenoxy) is 2. The van der Waals surface area contributed by atoms with E-state index in [1.165, 1.54) is 95.9 Å². The Kier molecular flexibility index (Phi) is 10.2. The number of benzene rings is 2. The summed E-state index contributed by atoms with van der Waals surface area (Å²) in [7, 11) is 3.68. The summed E-state index contributed by atoms with van der Waals surface area (Å²) in [6, 6.07) is 9.56. The van der Waals surface area contributed by atoms with Gasteiger partial charge in [-0.25, -0.2) is 0 Å². The van der Waals surface area contributed by atoms with Gasteiger partial charge in [0, 0.05) is 11.1 Å². The van der Waals surface area contributed by atoms with Crippen molar-refractivity contribution in [3.05, 3.63) is 57.6 Å². The molecule has 0 radical (unpaired) electrons. The maximum Gasteiger partial charge on any atom is 0.129 e. The van der Waals surface area contributed by atoms with E-state index in [-0.39, 0.29) is 10.8 Å². The Hall–Kier alpha value is -2.22. The fraction of sp³-hybridized carbons (Fsp3) is 0.611. The lowest BCUT2D eigenvalue weighted by Gasteiger charge is -2.26. The van der Waals surface area contributed by atoms with Crippen LogP contribution < -0.4 is 9.47 Å². The zero-order chi connectivity index (χ0) is 28.1. The number of hydrogen-bond acceptors (Lipinski definition) is 2. The average Bonchev–Trinajstić information content (AvgIpc) is 2.86. The quantitative estimate of drug-likeness (QED) is 0.393. The molecule has 0 atom stereocenters. The van der Waals surface area contributed by atoms with E-state index in [1.807, 2.05) is 14.2 Å². The Morgan fingerprint density at radius 3 is 1.11 bits per heavy atom. The largest absolute Gasteiger partial charge is 0.496 e. The van der Waals surface area contributed by atoms with Gasteiger partial charge in [-0.15, -0.1) is 0 Å². The third kappa shape index (κ3) is 7.25. The molecule has 0 heterocycles. The highest BCUT2D eigenvalue weighted by Gasteiger charge is 2.24. The molecule has 0 saturated heterocycles. The average molecular weight is 519 g/mol. The van der Waals surface area contributed by atoms with Crippen LogP contribution in [-0.4, -0.2) is 14.2 Å². The number of hydrogen-bond donors (Lipinski definition) is 0. The summed E-state index contributed by atoms with van der Waals surface area (Å²) in [6.07, 6.45) is 12.5. The van der Waals surface area contributed by atoms with Crippen LogP contribution in [0.25, 0.3) is 11.1 Å². The second kappa shape index (κ2) is 12.8. The summed E-state index contributed by atoms with van der Waals surface area (Å²) in [6.45, 7) is 18.4. The number of aryl methyl sites for hydroxylation is 2. The Morgan fingerprint density at radius 1 is 0.500 bits per heavy atom. The van der Waals surface area contributed by atoms with Crippen LogP contribution in [0.5, 0.6) is 11.5 Å². The minimum absolute atomic E-state index is 0.0674. The van der Waals surface area contributed by atoms with Gasteiger partial charge in [0.05, 0.1) is 14.2 Å². The molecule has 0 aliphatic heterocycles. The van der Waals surface area contributed by atoms with Crippen LogP contribution in [-0.2, 0) is 23.7 Å². The highest BCUT2D eigenvalue weighted by molar-refractivity contribution is 5.93. The Balaban J connectivity index is 2.31. The molecule has 0 N–H and O–H groups in total. The molecule has 2 nitrogen and oxygen atoms in total. The van der Waals surface area contributed by atoms with Crippen LogP contribution in [0.3, 0.4) is 0 Å². The van der Waals surface area contributed by atoms with Crippen LogP contribution in [0, 0.1) is 0 Å². The fourth-order valence-corrected chi connectivity index (χ4v) is 5.75. The van der Waals surface area contributed by atoms with Crippen molar-refractivity contribution in [1.29, 1.82) is 0 Å². The monoisotopic (exact) mass is 518 g/mol. The van der Waals surface area contributed by atoms with Crippen molar-refractivity contribution < 1.29 is 9.47 Å². The molecule has 0 fully saturated rings. The van der Waals surface area contributed by atoms with Crippen molar-refractivity contribution in [2.75, 3.05) is 14.2 Å². The van der Waals surface area contributed by atoms with E-state index in [2.05, 4.69) is 79.7 Å². The van der Waals surface area contributed by atoms with Gasteiger partial charge in [0.15, 0.2) is 0 Å². The van der Waals surface area contributed by atoms with Gasteiger partial charge in [-0.3, -0.25) is 0 Å². The first-order valence-electron chi connectivity index (χ1n) is 15.0. The first kappa shape index (κ1) is 30.3. The normalized spacial score (nSPS) is 18.5. The van der Waals surface area contributed by atoms with Gasteiger partial charge >= 0.3 is 0 Å². The lowest BCUT2D eigenvalue weighted by Crippen LogP contribution is -2.14. The van der Waals surface area contributed by atoms with Crippen LogP contribution >= 0.6 is 0 Å². The smallest absolute Gasteiger partial charge is 0.129 e. The zero-order valence-corrected chi connectivity index (χ0v) is 26.2. The molecule has 0 spiro atoms. The molecular weight excluding hydrogens is 464 g/mol. The summed E-state index contributed by atoms with van der Waals surface area (Å²) < 4.78 is 12.3. The Labute approximate surface area is 234 Å². The molecule has 0 saturated carbocycles. The molecule has 0 amide bonds. The summed E-state index contributed by atoms with van der Waals surface area (Å²) in [5, 5.41) is 0. The molecular formula is C36H54O2. The second-order valence-corrected chi connectivity index (χ2v) is 13.5. The number of methoxy groups -OCH3 is 2. The van der Waals surface area contributed by atoms with Crippen molar-refractivity contribution in [3.8, 4) is 11.5 Å². The van der Waals surface area contributed by atoms with Crippen molar-refractivity contribution in [2.45, 2.75) is 130 Å². The van der Waals surface area contributed by atoms with Crippen LogP contribution in [0.2, 0.25) is 0 Å². The lowest BCUT2D eigenvalue weighted by atomic mass is 9.80. The third-order valence-electron chi connectivity index (χ3n) is 8.48. The second-order valence-electron chi connectivity index (χ2n) is 13.5. The van der Waals surface area contributed by atoms with E-state index in [1.54, 1.807) is 0 Å². The van der Waals surface area contributed by atoms with Gasteiger partial charge in [-0.05, 0) is 95.9 Å². The standard InChI is InChI=1S/C36H54O2/c1-25-26(2)32-24-30(36(6,7)8)22-28(34(32)38-10)20-18-16-14-12-11-13-15-17-19-27-21-29(35(3,4)5)23-31(25)33(27)37-9/h21-24H,11-20H2,1-10H3/b26-25-. The maximum atomic E-state index is 6.17. The molecule has 4 bridgehead atoms. The van der Waals surface area contributed by atoms with E-state index in [4.69, 9.17) is 9.47 Å². The minimum atomic E-state index is 0.0674. The molecule has 38 heavy (non-hydrogen) atoms. The first-order chi connectivity index (χ1) is 17.9. The van der Waals surface area contributed by atoms with Crippen LogP contribution in [0.1, 0.15) is 140 Å². The van der Waals surface area contributed by atoms with Gasteiger partial charge in [0.2, 0.25) is 0 Å². The summed E-state index contributed by atoms with van der Waals surface area (Å²) in [5.41, 5.74) is 10.6. The van der Waals surface area contributed by atoms with Crippen molar-refractivity contribution in [3.63, 3.8) is 0 Å². The van der Waals surface area contributed by atoms with E-state index < -0.39 is 0 Å². The predicted octanol–water partition coefficient (Wildman–Crippen LogP) is 10.5. The summed E-state index contributed by atoms with van der Waals surface area (Å²) >= 11 is 0. The molecule has 2 heteroatoms. The molecule has 1 aliphatic carbocycles. The van der Waals surface area contributed by atoms with Crippen molar-refractivity contribution >= 4 is 11.1 Å². The molecule has 1 aliphatic rings. The molecule has 2 aromatic carbocycles. The first-order valence-corrected chi connectivity index (χ1v) is 15.0. The Bertz CT molecular complexity index is 1030. The maximum absolute atomic E-state index is 6.17. The molecule has 0 aromatic heterocycles. The van der Waals surface area contributed by atoms with Gasteiger partial charge in [-0.2, -0.15) is 0 Å². The van der Waals surface area contributed by atoms with E-state index in [0.29, 0.717) is 0 Å². The van der Waals surface area contributed by atoms with E-state index >= 15 is 0 Å². The lowest BCUT2D eigenvalue weighted by molar-refractivity contribution is 0.405. The topological polar surface area (TPSA) is 18.5 Å². The predicted molar refractivity (Wildman–Crippen MR) is 166 cm³/mol. The van der Waals surface area contributed by atoms with Crippen molar-refractivity contribution in [2.24, 2.45) is 0 Å². The molecule has 0 unspecified atom stereocenters. The highest BCUT2D eigenvalue weighted by Crippen LogP contribution is 2.42. The molecule has 3 rings (SSSR count). The third-order valence-corrected chi connectivity index (χ3v) is 8.48. The van der Waals surface area contributed by atoms with Gasteiger partial charge < -0.3 is 9.47 Å². The van der Waals surface area contributed by atoms with Crippen molar-refractivity contribution in [1.82, 2.24) is 0 Å². The van der Waals surface area contributed by atoms with E-state index in [0.717, 1.165) is 24.3 Å². The fourth-order valence-electron chi connectivity index (χ4n) is 5.75. The van der Waals surface area contributed by atoms with Crippen LogP contribution in [0.4, 0.5) is 0 Å². The van der Waals surface area contributed by atoms with Gasteiger partial charge in [-0.1, -0.05) is 92.2 Å². The minimum Gasteiger partial charge on any atom is -0.496 e. The van der Waals surface area contributed by atoms with E-state index in [9.17, 15) is 0 Å². The molecule has 210 valence electrons. The summed E-state index contributed by atoms with van der Waals surface area (Å²) in [4.78, 5) is 0. The zero-order valence-electron chi connectivity index (χ0n) is 26.2. The summed E-state index contributed by atoms with van der Waals surface area (Å²) in [5.74, 6) is 2.09. The van der Waals surface area contributed by atoms with Gasteiger partial charge in [0.25, 0.3) is 0 Å². The number of allylic oxidation sites excluding steroid dienone is 2. The molecule has 2 aromatic rings. The number of rotatable bonds is 2. The SMILES string of the molecule is COc1c2cc(C(C)(C)C)cc1/C(C)=C(/C)c1cc(C(C)(C)C)cc(c1OC)CCCCCCCCCC2. The highest BCUT2D eigenvalue weighted by atomic mass is 16.5. The Morgan fingerprint density at radius 2 is 0.816 bits per heavy atom.